The summed E-state index contributed by atoms with van der Waals surface area (Å²) in [4.78, 5) is 12.2. The van der Waals surface area contributed by atoms with Crippen molar-refractivity contribution in [2.75, 3.05) is 0 Å². The molecule has 1 N–H and O–H groups in total. The highest BCUT2D eigenvalue weighted by Crippen LogP contribution is 2.20. The van der Waals surface area contributed by atoms with Crippen LogP contribution in [0.3, 0.4) is 0 Å². The van der Waals surface area contributed by atoms with E-state index in [0.717, 1.165) is 16.3 Å². The molecule has 4 heteroatoms. The molecule has 0 spiro atoms. The van der Waals surface area contributed by atoms with Gasteiger partial charge in [-0.15, -0.1) is 0 Å². The van der Waals surface area contributed by atoms with Gasteiger partial charge in [-0.1, -0.05) is 42.5 Å². The van der Waals surface area contributed by atoms with Crippen molar-refractivity contribution in [2.45, 2.75) is 6.54 Å². The lowest BCUT2D eigenvalue weighted by atomic mass is 10.0. The molecule has 0 aliphatic rings. The fourth-order valence-corrected chi connectivity index (χ4v) is 2.36. The van der Waals surface area contributed by atoms with Crippen molar-refractivity contribution in [3.63, 3.8) is 0 Å². The van der Waals surface area contributed by atoms with E-state index < -0.39 is 5.91 Å². The minimum Gasteiger partial charge on any atom is -0.467 e. The predicted molar refractivity (Wildman–Crippen MR) is 88.1 cm³/mol. The summed E-state index contributed by atoms with van der Waals surface area (Å²) >= 11 is 0. The fraction of sp³-hybridized carbons (Fsp3) is 0.0526. The van der Waals surface area contributed by atoms with Gasteiger partial charge in [0.2, 0.25) is 0 Å². The molecule has 0 bridgehead atoms. The molecule has 3 rings (SSSR count). The predicted octanol–water partition coefficient (Wildman–Crippen LogP) is 3.66. The number of carbonyl (C=O) groups excluding carboxylic acids is 1. The smallest absolute Gasteiger partial charge is 0.262 e. The summed E-state index contributed by atoms with van der Waals surface area (Å²) in [6.07, 6.45) is 3.15. The van der Waals surface area contributed by atoms with Crippen LogP contribution >= 0.6 is 0 Å². The highest BCUT2D eigenvalue weighted by molar-refractivity contribution is 6.04. The van der Waals surface area contributed by atoms with E-state index in [1.807, 2.05) is 48.5 Å². The number of fused-ring (bicyclic) bond motifs is 1. The van der Waals surface area contributed by atoms with E-state index in [-0.39, 0.29) is 12.1 Å². The average Bonchev–Trinajstić information content (AvgIpc) is 3.11. The molecular formula is C19H14N2O2. The minimum atomic E-state index is -0.420. The summed E-state index contributed by atoms with van der Waals surface area (Å²) in [6, 6.07) is 19.1. The Balaban J connectivity index is 1.85. The molecule has 0 saturated heterocycles. The summed E-state index contributed by atoms with van der Waals surface area (Å²) < 4.78 is 5.16. The maximum atomic E-state index is 12.2. The topological polar surface area (TPSA) is 66.0 Å². The second-order valence-corrected chi connectivity index (χ2v) is 5.00. The van der Waals surface area contributed by atoms with E-state index in [9.17, 15) is 10.1 Å². The van der Waals surface area contributed by atoms with Crippen molar-refractivity contribution in [1.82, 2.24) is 5.32 Å². The highest BCUT2D eigenvalue weighted by atomic mass is 16.3. The molecule has 0 saturated carbocycles. The quantitative estimate of drug-likeness (QED) is 0.591. The molecule has 0 unspecified atom stereocenters. The number of carbonyl (C=O) groups is 1. The number of furan rings is 1. The molecule has 23 heavy (non-hydrogen) atoms. The standard InChI is InChI=1S/C19H14N2O2/c20-12-16(19(22)21-13-17-8-4-10-23-17)11-15-7-3-6-14-5-1-2-9-18(14)15/h1-11H,13H2,(H,21,22)/b16-11+. The molecular weight excluding hydrogens is 288 g/mol. The van der Waals surface area contributed by atoms with E-state index in [4.69, 9.17) is 4.42 Å². The number of hydrogen-bond acceptors (Lipinski definition) is 3. The maximum Gasteiger partial charge on any atom is 0.262 e. The monoisotopic (exact) mass is 302 g/mol. The van der Waals surface area contributed by atoms with Gasteiger partial charge in [0.1, 0.15) is 17.4 Å². The summed E-state index contributed by atoms with van der Waals surface area (Å²) in [6.45, 7) is 0.250. The van der Waals surface area contributed by atoms with Crippen LogP contribution in [0, 0.1) is 11.3 Å². The van der Waals surface area contributed by atoms with Gasteiger partial charge in [0.25, 0.3) is 5.91 Å². The molecule has 4 nitrogen and oxygen atoms in total. The van der Waals surface area contributed by atoms with Crippen LogP contribution in [0.25, 0.3) is 16.8 Å². The largest absolute Gasteiger partial charge is 0.467 e. The van der Waals surface area contributed by atoms with Crippen LogP contribution in [0.15, 0.2) is 70.9 Å². The second kappa shape index (κ2) is 6.63. The van der Waals surface area contributed by atoms with E-state index in [0.29, 0.717) is 5.76 Å². The van der Waals surface area contributed by atoms with Crippen LogP contribution in [0.4, 0.5) is 0 Å². The first-order valence-corrected chi connectivity index (χ1v) is 7.18. The van der Waals surface area contributed by atoms with Gasteiger partial charge in [0, 0.05) is 0 Å². The van der Waals surface area contributed by atoms with Crippen molar-refractivity contribution in [3.8, 4) is 6.07 Å². The Bertz CT molecular complexity index is 897. The second-order valence-electron chi connectivity index (χ2n) is 5.00. The lowest BCUT2D eigenvalue weighted by Gasteiger charge is -2.04. The number of benzene rings is 2. The van der Waals surface area contributed by atoms with Gasteiger partial charge in [0.15, 0.2) is 0 Å². The Morgan fingerprint density at radius 2 is 1.96 bits per heavy atom. The van der Waals surface area contributed by atoms with Gasteiger partial charge in [-0.25, -0.2) is 0 Å². The summed E-state index contributed by atoms with van der Waals surface area (Å²) in [5.41, 5.74) is 0.903. The van der Waals surface area contributed by atoms with Crippen LogP contribution < -0.4 is 5.32 Å². The number of amides is 1. The van der Waals surface area contributed by atoms with Crippen molar-refractivity contribution < 1.29 is 9.21 Å². The molecule has 1 amide bonds. The molecule has 2 aromatic carbocycles. The Morgan fingerprint density at radius 3 is 2.74 bits per heavy atom. The van der Waals surface area contributed by atoms with Crippen LogP contribution in [0.5, 0.6) is 0 Å². The Kier molecular flexibility index (Phi) is 4.21. The lowest BCUT2D eigenvalue weighted by molar-refractivity contribution is -0.117. The zero-order valence-corrected chi connectivity index (χ0v) is 12.3. The number of rotatable bonds is 4. The first-order valence-electron chi connectivity index (χ1n) is 7.18. The first-order chi connectivity index (χ1) is 11.3. The van der Waals surface area contributed by atoms with Crippen molar-refractivity contribution in [1.29, 1.82) is 5.26 Å². The third-order valence-corrected chi connectivity index (χ3v) is 3.49. The maximum absolute atomic E-state index is 12.2. The molecule has 0 atom stereocenters. The van der Waals surface area contributed by atoms with Gasteiger partial charge in [-0.2, -0.15) is 5.26 Å². The van der Waals surface area contributed by atoms with Gasteiger partial charge < -0.3 is 9.73 Å². The molecule has 1 aromatic heterocycles. The average molecular weight is 302 g/mol. The normalized spacial score (nSPS) is 11.2. The van der Waals surface area contributed by atoms with Crippen LogP contribution in [0.1, 0.15) is 11.3 Å². The first kappa shape index (κ1) is 14.6. The van der Waals surface area contributed by atoms with Crippen molar-refractivity contribution >= 4 is 22.8 Å². The molecule has 0 aliphatic carbocycles. The number of nitriles is 1. The number of hydrogen-bond donors (Lipinski definition) is 1. The van der Waals surface area contributed by atoms with E-state index in [1.165, 1.54) is 0 Å². The zero-order valence-electron chi connectivity index (χ0n) is 12.3. The summed E-state index contributed by atoms with van der Waals surface area (Å²) in [5.74, 6) is 0.220. The molecule has 3 aromatic rings. The molecule has 112 valence electrons. The number of nitrogens with zero attached hydrogens (tertiary/aromatic N) is 1. The van der Waals surface area contributed by atoms with E-state index in [1.54, 1.807) is 24.5 Å². The summed E-state index contributed by atoms with van der Waals surface area (Å²) in [5, 5.41) is 14.0. The lowest BCUT2D eigenvalue weighted by Crippen LogP contribution is -2.23. The van der Waals surface area contributed by atoms with Gasteiger partial charge in [0.05, 0.1) is 12.8 Å². The molecule has 0 radical (unpaired) electrons. The Labute approximate surface area is 133 Å². The molecule has 1 heterocycles. The fourth-order valence-electron chi connectivity index (χ4n) is 2.36. The van der Waals surface area contributed by atoms with Gasteiger partial charge >= 0.3 is 0 Å². The van der Waals surface area contributed by atoms with Crippen LogP contribution in [0.2, 0.25) is 0 Å². The molecule has 0 aliphatic heterocycles. The highest BCUT2D eigenvalue weighted by Gasteiger charge is 2.10. The zero-order chi connectivity index (χ0) is 16.1. The summed E-state index contributed by atoms with van der Waals surface area (Å²) in [7, 11) is 0. The van der Waals surface area contributed by atoms with Crippen LogP contribution in [-0.4, -0.2) is 5.91 Å². The van der Waals surface area contributed by atoms with Gasteiger partial charge in [-0.05, 0) is 34.5 Å². The molecule has 0 fully saturated rings. The van der Waals surface area contributed by atoms with E-state index in [2.05, 4.69) is 5.32 Å². The number of nitrogens with one attached hydrogen (secondary N) is 1. The van der Waals surface area contributed by atoms with Crippen molar-refractivity contribution in [2.24, 2.45) is 0 Å². The third kappa shape index (κ3) is 3.30. The minimum absolute atomic E-state index is 0.0629. The SMILES string of the molecule is N#C/C(=C\c1cccc2ccccc12)C(=O)NCc1ccco1. The Hall–Kier alpha value is -3.32. The van der Waals surface area contributed by atoms with Crippen LogP contribution in [-0.2, 0) is 11.3 Å². The van der Waals surface area contributed by atoms with Crippen molar-refractivity contribution in [3.05, 3.63) is 77.8 Å². The van der Waals surface area contributed by atoms with Gasteiger partial charge in [-0.3, -0.25) is 4.79 Å². The van der Waals surface area contributed by atoms with E-state index >= 15 is 0 Å². The third-order valence-electron chi connectivity index (χ3n) is 3.49. The Morgan fingerprint density at radius 1 is 1.13 bits per heavy atom.